The van der Waals surface area contributed by atoms with Gasteiger partial charge in [0.1, 0.15) is 30.2 Å². The number of ether oxygens (including phenoxy) is 1. The molecule has 186 valence electrons. The first-order valence-electron chi connectivity index (χ1n) is 11.5. The summed E-state index contributed by atoms with van der Waals surface area (Å²) in [6.07, 6.45) is 1.12. The maximum Gasteiger partial charge on any atom is 0.192 e. The van der Waals surface area contributed by atoms with Crippen LogP contribution >= 0.6 is 0 Å². The first-order chi connectivity index (χ1) is 15.0. The van der Waals surface area contributed by atoms with Gasteiger partial charge in [0.15, 0.2) is 34.3 Å². The molecular weight excluding hydrogens is 454 g/mol. The van der Waals surface area contributed by atoms with Crippen molar-refractivity contribution in [3.8, 4) is 0 Å². The fraction of sp³-hybridized carbons (Fsp3) is 0.773. The third kappa shape index (κ3) is 4.89. The van der Waals surface area contributed by atoms with E-state index < -0.39 is 41.2 Å². The molecule has 1 aliphatic rings. The summed E-state index contributed by atoms with van der Waals surface area (Å²) in [6, 6.07) is 0. The molecule has 33 heavy (non-hydrogen) atoms. The third-order valence-corrected chi connectivity index (χ3v) is 16.5. The molecule has 2 unspecified atom stereocenters. The largest absolute Gasteiger partial charge is 0.408 e. The first-order valence-corrected chi connectivity index (χ1v) is 17.4. The van der Waals surface area contributed by atoms with Gasteiger partial charge in [0.2, 0.25) is 0 Å². The maximum absolute atomic E-state index is 10.3. The lowest BCUT2D eigenvalue weighted by Gasteiger charge is -2.44. The molecule has 1 saturated heterocycles. The number of aliphatic hydroxyl groups excluding tert-OH is 1. The van der Waals surface area contributed by atoms with Crippen LogP contribution in [0.3, 0.4) is 0 Å². The van der Waals surface area contributed by atoms with E-state index in [1.807, 2.05) is 4.57 Å². The maximum atomic E-state index is 10.3. The predicted octanol–water partition coefficient (Wildman–Crippen LogP) is 4.08. The number of nitrogens with two attached hydrogens (primary N) is 1. The molecular formula is C22H41N5O4Si2. The Kier molecular flexibility index (Phi) is 6.90. The fourth-order valence-electron chi connectivity index (χ4n) is 3.44. The van der Waals surface area contributed by atoms with Gasteiger partial charge < -0.3 is 24.4 Å². The molecule has 2 aromatic heterocycles. The number of aliphatic hydroxyl groups is 1. The highest BCUT2D eigenvalue weighted by Crippen LogP contribution is 2.46. The Morgan fingerprint density at radius 1 is 0.970 bits per heavy atom. The summed E-state index contributed by atoms with van der Waals surface area (Å²) in [6.45, 7) is 21.9. The van der Waals surface area contributed by atoms with E-state index in [9.17, 15) is 5.11 Å². The highest BCUT2D eigenvalue weighted by Gasteiger charge is 2.54. The Bertz CT molecular complexity index is 983. The third-order valence-electron chi connectivity index (χ3n) is 7.60. The van der Waals surface area contributed by atoms with E-state index in [1.165, 1.54) is 6.33 Å². The van der Waals surface area contributed by atoms with Crippen LogP contribution in [0.15, 0.2) is 12.7 Å². The number of hydrogen-bond acceptors (Lipinski definition) is 8. The van der Waals surface area contributed by atoms with Crippen LogP contribution in [-0.2, 0) is 13.6 Å². The van der Waals surface area contributed by atoms with Crippen LogP contribution in [0.2, 0.25) is 36.3 Å². The first kappa shape index (κ1) is 26.2. The van der Waals surface area contributed by atoms with Gasteiger partial charge in [-0.2, -0.15) is 0 Å². The second kappa shape index (κ2) is 8.69. The normalized spacial score (nSPS) is 25.2. The smallest absolute Gasteiger partial charge is 0.192 e. The van der Waals surface area contributed by atoms with Crippen molar-refractivity contribution < 1.29 is 18.7 Å². The minimum atomic E-state index is -2.23. The van der Waals surface area contributed by atoms with Crippen LogP contribution in [0.1, 0.15) is 47.8 Å². The van der Waals surface area contributed by atoms with Gasteiger partial charge in [0.05, 0.1) is 12.9 Å². The van der Waals surface area contributed by atoms with Crippen molar-refractivity contribution >= 4 is 33.6 Å². The van der Waals surface area contributed by atoms with Crippen LogP contribution in [0.5, 0.6) is 0 Å². The zero-order valence-corrected chi connectivity index (χ0v) is 23.7. The van der Waals surface area contributed by atoms with E-state index in [-0.39, 0.29) is 16.7 Å². The molecule has 0 amide bonds. The number of nitrogen functional groups attached to an aromatic ring is 1. The van der Waals surface area contributed by atoms with Gasteiger partial charge in [-0.3, -0.25) is 4.57 Å². The fourth-order valence-corrected chi connectivity index (χ4v) is 6.04. The summed E-state index contributed by atoms with van der Waals surface area (Å²) >= 11 is 0. The SMILES string of the molecule is CC(C)(C)[Si](C)(C)OC1C(O[Si](C)(C)C(C)(C)C)[C@@H](CO)O[C@H]1n1cnc2c(N)ncnc21. The van der Waals surface area contributed by atoms with Gasteiger partial charge in [-0.15, -0.1) is 0 Å². The van der Waals surface area contributed by atoms with Crippen LogP contribution in [0.4, 0.5) is 5.82 Å². The lowest BCUT2D eigenvalue weighted by atomic mass is 10.1. The topological polar surface area (TPSA) is 118 Å². The molecule has 11 heteroatoms. The molecule has 0 saturated carbocycles. The minimum absolute atomic E-state index is 0.00397. The van der Waals surface area contributed by atoms with E-state index in [0.29, 0.717) is 17.0 Å². The summed E-state index contributed by atoms with van der Waals surface area (Å²) in [7, 11) is -4.42. The molecule has 0 aliphatic carbocycles. The quantitative estimate of drug-likeness (QED) is 0.576. The summed E-state index contributed by atoms with van der Waals surface area (Å²) in [4.78, 5) is 12.9. The predicted molar refractivity (Wildman–Crippen MR) is 135 cm³/mol. The zero-order valence-electron chi connectivity index (χ0n) is 21.7. The molecule has 2 aromatic rings. The molecule has 4 atom stereocenters. The Morgan fingerprint density at radius 3 is 2.03 bits per heavy atom. The Hall–Kier alpha value is -1.38. The van der Waals surface area contributed by atoms with Crippen molar-refractivity contribution in [3.05, 3.63) is 12.7 Å². The number of hydrogen-bond donors (Lipinski definition) is 2. The van der Waals surface area contributed by atoms with Crippen LogP contribution in [-0.4, -0.2) is 66.2 Å². The summed E-state index contributed by atoms with van der Waals surface area (Å²) < 4.78 is 22.1. The molecule has 3 heterocycles. The Balaban J connectivity index is 2.10. The summed E-state index contributed by atoms with van der Waals surface area (Å²) in [5.74, 6) is 0.311. The molecule has 0 aromatic carbocycles. The molecule has 0 radical (unpaired) electrons. The second-order valence-corrected chi connectivity index (χ2v) is 21.5. The van der Waals surface area contributed by atoms with Crippen LogP contribution in [0.25, 0.3) is 11.2 Å². The van der Waals surface area contributed by atoms with Crippen molar-refractivity contribution in [1.82, 2.24) is 19.5 Å². The molecule has 1 fully saturated rings. The van der Waals surface area contributed by atoms with E-state index in [4.69, 9.17) is 19.3 Å². The van der Waals surface area contributed by atoms with Crippen molar-refractivity contribution in [2.24, 2.45) is 0 Å². The average molecular weight is 496 g/mol. The summed E-state index contributed by atoms with van der Waals surface area (Å²) in [5, 5.41) is 10.3. The molecule has 3 rings (SSSR count). The van der Waals surface area contributed by atoms with Gasteiger partial charge >= 0.3 is 0 Å². The van der Waals surface area contributed by atoms with Crippen LogP contribution < -0.4 is 5.73 Å². The van der Waals surface area contributed by atoms with Gasteiger partial charge in [0.25, 0.3) is 0 Å². The zero-order chi connectivity index (χ0) is 25.0. The van der Waals surface area contributed by atoms with Gasteiger partial charge in [-0.25, -0.2) is 15.0 Å². The highest BCUT2D eigenvalue weighted by atomic mass is 28.4. The van der Waals surface area contributed by atoms with E-state index >= 15 is 0 Å². The van der Waals surface area contributed by atoms with Crippen LogP contribution in [0, 0.1) is 0 Å². The monoisotopic (exact) mass is 495 g/mol. The Labute approximate surface area is 199 Å². The molecule has 3 N–H and O–H groups in total. The van der Waals surface area contributed by atoms with Gasteiger partial charge in [-0.1, -0.05) is 41.5 Å². The van der Waals surface area contributed by atoms with Crippen molar-refractivity contribution in [1.29, 1.82) is 0 Å². The number of fused-ring (bicyclic) bond motifs is 1. The highest BCUT2D eigenvalue weighted by molar-refractivity contribution is 6.74. The molecule has 1 aliphatic heterocycles. The van der Waals surface area contributed by atoms with Gasteiger partial charge in [0, 0.05) is 0 Å². The average Bonchev–Trinajstić information content (AvgIpc) is 3.22. The number of rotatable bonds is 6. The lowest BCUT2D eigenvalue weighted by molar-refractivity contribution is -0.0491. The summed E-state index contributed by atoms with van der Waals surface area (Å²) in [5.41, 5.74) is 7.11. The van der Waals surface area contributed by atoms with Crippen molar-refractivity contribution in [2.75, 3.05) is 12.3 Å². The number of anilines is 1. The van der Waals surface area contributed by atoms with E-state index in [1.54, 1.807) is 6.33 Å². The molecule has 9 nitrogen and oxygen atoms in total. The van der Waals surface area contributed by atoms with Gasteiger partial charge in [-0.05, 0) is 36.3 Å². The molecule has 0 bridgehead atoms. The van der Waals surface area contributed by atoms with E-state index in [0.717, 1.165) is 0 Å². The number of aromatic nitrogens is 4. The van der Waals surface area contributed by atoms with Crippen molar-refractivity contribution in [3.63, 3.8) is 0 Å². The van der Waals surface area contributed by atoms with Crippen molar-refractivity contribution in [2.45, 2.75) is 102 Å². The minimum Gasteiger partial charge on any atom is -0.408 e. The lowest BCUT2D eigenvalue weighted by Crippen LogP contribution is -2.53. The number of nitrogens with zero attached hydrogens (tertiary/aromatic N) is 4. The second-order valence-electron chi connectivity index (χ2n) is 12.0. The molecule has 0 spiro atoms. The van der Waals surface area contributed by atoms with E-state index in [2.05, 4.69) is 82.7 Å². The Morgan fingerprint density at radius 2 is 1.52 bits per heavy atom. The standard InChI is InChI=1S/C22H41N5O4Si2/c1-21(2,3)32(7,8)30-16-14(11-28)29-20(17(16)31-33(9,10)22(4,5)6)27-13-26-15-18(23)24-12-25-19(15)27/h12-14,16-17,20,28H,11H2,1-10H3,(H2,23,24,25)/t14-,16?,17?,20-/m1/s1. The number of imidazole rings is 1.